The van der Waals surface area contributed by atoms with Crippen LogP contribution < -0.4 is 15.0 Å². The lowest BCUT2D eigenvalue weighted by atomic mass is 9.93. The largest absolute Gasteiger partial charge is 0.488 e. The van der Waals surface area contributed by atoms with Crippen LogP contribution in [-0.4, -0.2) is 58.4 Å². The molecule has 6 rings (SSSR count). The minimum Gasteiger partial charge on any atom is -0.488 e. The van der Waals surface area contributed by atoms with Gasteiger partial charge in [0.25, 0.3) is 0 Å². The zero-order valence-corrected chi connectivity index (χ0v) is 19.1. The van der Waals surface area contributed by atoms with Gasteiger partial charge in [-0.1, -0.05) is 11.3 Å². The number of morpholine rings is 1. The van der Waals surface area contributed by atoms with Gasteiger partial charge in [-0.3, -0.25) is 4.98 Å². The Bertz CT molecular complexity index is 1220. The number of anilines is 2. The highest BCUT2D eigenvalue weighted by molar-refractivity contribution is 7.22. The fraction of sp³-hybridized carbons (Fsp3) is 0.417. The van der Waals surface area contributed by atoms with Crippen LogP contribution >= 0.6 is 11.3 Å². The molecular formula is C24H26N6O2S. The zero-order valence-electron chi connectivity index (χ0n) is 18.3. The third kappa shape index (κ3) is 4.43. The van der Waals surface area contributed by atoms with Crippen molar-refractivity contribution in [1.82, 2.24) is 19.9 Å². The molecule has 8 nitrogen and oxygen atoms in total. The average Bonchev–Trinajstić information content (AvgIpc) is 3.28. The molecule has 0 unspecified atom stereocenters. The summed E-state index contributed by atoms with van der Waals surface area (Å²) in [4.78, 5) is 20.4. The van der Waals surface area contributed by atoms with Crippen molar-refractivity contribution in [3.8, 4) is 5.75 Å². The number of thiazole rings is 1. The van der Waals surface area contributed by atoms with Gasteiger partial charge in [-0.25, -0.2) is 15.0 Å². The van der Waals surface area contributed by atoms with E-state index in [0.29, 0.717) is 6.04 Å². The normalized spacial score (nSPS) is 21.4. The first-order chi connectivity index (χ1) is 16.3. The van der Waals surface area contributed by atoms with Gasteiger partial charge in [0.15, 0.2) is 10.8 Å². The second-order valence-electron chi connectivity index (χ2n) is 8.55. The van der Waals surface area contributed by atoms with Crippen molar-refractivity contribution in [2.45, 2.75) is 37.8 Å². The number of fused-ring (bicyclic) bond motifs is 2. The lowest BCUT2D eigenvalue weighted by Gasteiger charge is -2.31. The highest BCUT2D eigenvalue weighted by Crippen LogP contribution is 2.34. The van der Waals surface area contributed by atoms with Crippen LogP contribution in [0.15, 0.2) is 42.9 Å². The van der Waals surface area contributed by atoms with Crippen molar-refractivity contribution in [1.29, 1.82) is 0 Å². The summed E-state index contributed by atoms with van der Waals surface area (Å²) in [5, 5.41) is 4.56. The molecule has 0 atom stereocenters. The molecule has 2 aliphatic rings. The lowest BCUT2D eigenvalue weighted by Crippen LogP contribution is -2.36. The molecule has 4 aromatic rings. The van der Waals surface area contributed by atoms with Crippen LogP contribution in [0.5, 0.6) is 5.75 Å². The molecule has 4 heterocycles. The van der Waals surface area contributed by atoms with Crippen LogP contribution in [0.4, 0.5) is 10.8 Å². The van der Waals surface area contributed by atoms with Crippen LogP contribution in [-0.2, 0) is 4.74 Å². The molecule has 1 aliphatic carbocycles. The van der Waals surface area contributed by atoms with Gasteiger partial charge in [0, 0.05) is 49.5 Å². The van der Waals surface area contributed by atoms with Crippen molar-refractivity contribution < 1.29 is 9.47 Å². The molecule has 0 bridgehead atoms. The smallest absolute Gasteiger partial charge is 0.185 e. The summed E-state index contributed by atoms with van der Waals surface area (Å²) in [6, 6.07) is 8.65. The number of hydrogen-bond acceptors (Lipinski definition) is 9. The number of benzene rings is 1. The Morgan fingerprint density at radius 3 is 2.70 bits per heavy atom. The van der Waals surface area contributed by atoms with E-state index in [1.54, 1.807) is 29.9 Å². The van der Waals surface area contributed by atoms with E-state index in [0.717, 1.165) is 89.9 Å². The fourth-order valence-electron chi connectivity index (χ4n) is 4.63. The molecule has 0 spiro atoms. The maximum Gasteiger partial charge on any atom is 0.185 e. The maximum absolute atomic E-state index is 6.54. The van der Waals surface area contributed by atoms with E-state index in [2.05, 4.69) is 48.4 Å². The first kappa shape index (κ1) is 20.6. The quantitative estimate of drug-likeness (QED) is 0.471. The summed E-state index contributed by atoms with van der Waals surface area (Å²) < 4.78 is 13.2. The zero-order chi connectivity index (χ0) is 22.0. The van der Waals surface area contributed by atoms with E-state index in [1.807, 2.05) is 6.07 Å². The monoisotopic (exact) mass is 462 g/mol. The van der Waals surface area contributed by atoms with Gasteiger partial charge >= 0.3 is 0 Å². The maximum atomic E-state index is 6.54. The second kappa shape index (κ2) is 9.07. The van der Waals surface area contributed by atoms with E-state index in [-0.39, 0.29) is 6.10 Å². The number of nitrogens with one attached hydrogen (secondary N) is 1. The van der Waals surface area contributed by atoms with Crippen LogP contribution in [0.3, 0.4) is 0 Å². The van der Waals surface area contributed by atoms with Crippen LogP contribution in [0.25, 0.3) is 21.4 Å². The molecule has 0 radical (unpaired) electrons. The number of ether oxygens (including phenoxy) is 2. The summed E-state index contributed by atoms with van der Waals surface area (Å²) in [5.74, 6) is 0.829. The third-order valence-electron chi connectivity index (χ3n) is 6.36. The first-order valence-corrected chi connectivity index (χ1v) is 12.4. The van der Waals surface area contributed by atoms with Crippen LogP contribution in [0.1, 0.15) is 25.7 Å². The molecule has 33 heavy (non-hydrogen) atoms. The number of pyridine rings is 1. The summed E-state index contributed by atoms with van der Waals surface area (Å²) in [6.07, 6.45) is 9.50. The van der Waals surface area contributed by atoms with E-state index >= 15 is 0 Å². The predicted molar refractivity (Wildman–Crippen MR) is 130 cm³/mol. The Morgan fingerprint density at radius 1 is 1.00 bits per heavy atom. The highest BCUT2D eigenvalue weighted by Gasteiger charge is 2.25. The molecule has 1 N–H and O–H groups in total. The topological polar surface area (TPSA) is 85.3 Å². The third-order valence-corrected chi connectivity index (χ3v) is 7.30. The molecule has 170 valence electrons. The Hall–Kier alpha value is -3.04. The van der Waals surface area contributed by atoms with E-state index in [1.165, 1.54) is 0 Å². The molecule has 2 fully saturated rings. The molecule has 3 aromatic heterocycles. The minimum atomic E-state index is 0.172. The van der Waals surface area contributed by atoms with Crippen molar-refractivity contribution in [2.24, 2.45) is 0 Å². The highest BCUT2D eigenvalue weighted by atomic mass is 32.1. The minimum absolute atomic E-state index is 0.172. The summed E-state index contributed by atoms with van der Waals surface area (Å²) in [6.45, 7) is 3.25. The Kier molecular flexibility index (Phi) is 5.65. The Morgan fingerprint density at radius 2 is 1.85 bits per heavy atom. The lowest BCUT2D eigenvalue weighted by molar-refractivity contribution is 0.122. The van der Waals surface area contributed by atoms with Gasteiger partial charge in [-0.2, -0.15) is 0 Å². The van der Waals surface area contributed by atoms with E-state index in [4.69, 9.17) is 9.47 Å². The van der Waals surface area contributed by atoms with Crippen LogP contribution in [0.2, 0.25) is 0 Å². The van der Waals surface area contributed by atoms with Gasteiger partial charge in [0.1, 0.15) is 11.3 Å². The number of aromatic nitrogens is 4. The predicted octanol–water partition coefficient (Wildman–Crippen LogP) is 4.27. The van der Waals surface area contributed by atoms with Gasteiger partial charge in [0.05, 0.1) is 29.5 Å². The van der Waals surface area contributed by atoms with Crippen molar-refractivity contribution >= 4 is 43.5 Å². The molecule has 1 aliphatic heterocycles. The van der Waals surface area contributed by atoms with E-state index in [9.17, 15) is 0 Å². The van der Waals surface area contributed by atoms with Crippen molar-refractivity contribution in [2.75, 3.05) is 36.5 Å². The second-order valence-corrected chi connectivity index (χ2v) is 9.58. The summed E-state index contributed by atoms with van der Waals surface area (Å²) >= 11 is 1.67. The standard InChI is InChI=1S/C24H26N6O2S/c1-2-21-23(27-7-1)29-24(33-21)28-16-3-5-18(6-4-16)32-20-15-17(30-10-12-31-13-11-30)14-19-22(20)26-9-8-25-19/h1-2,7-9,14-16,18H,3-6,10-13H2,(H,27,28,29)/t16-,18+. The van der Waals surface area contributed by atoms with Crippen LogP contribution in [0, 0.1) is 0 Å². The summed E-state index contributed by atoms with van der Waals surface area (Å²) in [7, 11) is 0. The van der Waals surface area contributed by atoms with Gasteiger partial charge in [-0.15, -0.1) is 0 Å². The molecule has 1 saturated carbocycles. The van der Waals surface area contributed by atoms with Gasteiger partial charge < -0.3 is 19.7 Å². The fourth-order valence-corrected chi connectivity index (χ4v) is 5.53. The first-order valence-electron chi connectivity index (χ1n) is 11.5. The van der Waals surface area contributed by atoms with Gasteiger partial charge in [0.2, 0.25) is 0 Å². The average molecular weight is 463 g/mol. The van der Waals surface area contributed by atoms with Gasteiger partial charge in [-0.05, 0) is 43.9 Å². The molecule has 0 amide bonds. The Labute approximate surface area is 196 Å². The van der Waals surface area contributed by atoms with E-state index < -0.39 is 0 Å². The SMILES string of the molecule is c1cnc2nc(N[C@H]3CC[C@@H](Oc4cc(N5CCOCC5)cc5nccnc45)CC3)sc2c1. The summed E-state index contributed by atoms with van der Waals surface area (Å²) in [5.41, 5.74) is 3.64. The number of nitrogens with zero attached hydrogens (tertiary/aromatic N) is 5. The molecule has 1 aromatic carbocycles. The Balaban J connectivity index is 1.14. The molecule has 1 saturated heterocycles. The number of rotatable bonds is 5. The molecular weight excluding hydrogens is 436 g/mol. The number of hydrogen-bond donors (Lipinski definition) is 1. The van der Waals surface area contributed by atoms with Crippen molar-refractivity contribution in [3.63, 3.8) is 0 Å². The van der Waals surface area contributed by atoms with Crippen molar-refractivity contribution in [3.05, 3.63) is 42.9 Å². The molecule has 9 heteroatoms.